The van der Waals surface area contributed by atoms with E-state index >= 15 is 0 Å². The Labute approximate surface area is 113 Å². The molecule has 1 rings (SSSR count). The molecular formula is C14H19NO4. The number of hydrogen-bond donors (Lipinski definition) is 1. The molecule has 1 aromatic rings. The molecule has 0 amide bonds. The van der Waals surface area contributed by atoms with E-state index in [2.05, 4.69) is 51.5 Å². The molecule has 0 aliphatic heterocycles. The van der Waals surface area contributed by atoms with Gasteiger partial charge in [-0.15, -0.1) is 0 Å². The lowest BCUT2D eigenvalue weighted by molar-refractivity contribution is -0.884. The van der Waals surface area contributed by atoms with E-state index < -0.39 is 11.9 Å². The first kappa shape index (κ1) is 16.9. The van der Waals surface area contributed by atoms with Crippen molar-refractivity contribution in [2.45, 2.75) is 6.54 Å². The molecule has 104 valence electrons. The second-order valence-electron chi connectivity index (χ2n) is 4.92. The van der Waals surface area contributed by atoms with Crippen molar-refractivity contribution in [2.75, 3.05) is 21.1 Å². The van der Waals surface area contributed by atoms with Gasteiger partial charge in [-0.05, 0) is 6.08 Å². The zero-order chi connectivity index (χ0) is 14.9. The molecule has 0 heterocycles. The zero-order valence-corrected chi connectivity index (χ0v) is 11.4. The van der Waals surface area contributed by atoms with E-state index in [4.69, 9.17) is 5.11 Å². The molecular weight excluding hydrogens is 246 g/mol. The molecule has 0 saturated heterocycles. The van der Waals surface area contributed by atoms with Crippen LogP contribution in [0.1, 0.15) is 5.56 Å². The van der Waals surface area contributed by atoms with Gasteiger partial charge in [-0.1, -0.05) is 30.3 Å². The van der Waals surface area contributed by atoms with Gasteiger partial charge < -0.3 is 19.5 Å². The molecule has 0 aliphatic rings. The molecule has 1 N–H and O–H groups in total. The topological polar surface area (TPSA) is 77.4 Å². The number of carboxylic acid groups (broad SMARTS) is 2. The highest BCUT2D eigenvalue weighted by molar-refractivity contribution is 5.88. The molecule has 5 nitrogen and oxygen atoms in total. The second-order valence-corrected chi connectivity index (χ2v) is 4.92. The fraction of sp³-hybridized carbons (Fsp3) is 0.286. The lowest BCUT2D eigenvalue weighted by Crippen LogP contribution is -2.33. The van der Waals surface area contributed by atoms with E-state index in [-0.39, 0.29) is 0 Å². The van der Waals surface area contributed by atoms with Gasteiger partial charge in [0.2, 0.25) is 0 Å². The fourth-order valence-electron chi connectivity index (χ4n) is 1.27. The minimum Gasteiger partial charge on any atom is -0.545 e. The Morgan fingerprint density at radius 1 is 1.16 bits per heavy atom. The minimum absolute atomic E-state index is 0.447. The largest absolute Gasteiger partial charge is 0.545 e. The number of rotatable bonds is 4. The van der Waals surface area contributed by atoms with Crippen molar-refractivity contribution in [3.63, 3.8) is 0 Å². The van der Waals surface area contributed by atoms with Crippen molar-refractivity contribution in [2.24, 2.45) is 0 Å². The van der Waals surface area contributed by atoms with Crippen LogP contribution in [0.4, 0.5) is 0 Å². The summed E-state index contributed by atoms with van der Waals surface area (Å²) in [5.41, 5.74) is 1.40. The van der Waals surface area contributed by atoms with Gasteiger partial charge >= 0.3 is 5.97 Å². The van der Waals surface area contributed by atoms with Crippen LogP contribution in [0, 0.1) is 0 Å². The van der Waals surface area contributed by atoms with Crippen LogP contribution in [0.3, 0.4) is 0 Å². The molecule has 0 unspecified atom stereocenters. The maximum absolute atomic E-state index is 9.53. The highest BCUT2D eigenvalue weighted by atomic mass is 16.4. The summed E-state index contributed by atoms with van der Waals surface area (Å²) < 4.78 is 0.990. The summed E-state index contributed by atoms with van der Waals surface area (Å²) in [6, 6.07) is 10.6. The quantitative estimate of drug-likeness (QED) is 0.626. The Morgan fingerprint density at radius 3 is 2.00 bits per heavy atom. The van der Waals surface area contributed by atoms with Crippen LogP contribution in [0.25, 0.3) is 0 Å². The Bertz CT molecular complexity index is 417. The number of hydrogen-bond acceptors (Lipinski definition) is 3. The van der Waals surface area contributed by atoms with Crippen molar-refractivity contribution >= 4 is 11.9 Å². The Hall–Kier alpha value is -2.14. The summed E-state index contributed by atoms with van der Waals surface area (Å²) >= 11 is 0. The predicted molar refractivity (Wildman–Crippen MR) is 70.0 cm³/mol. The van der Waals surface area contributed by atoms with Gasteiger partial charge in [-0.25, -0.2) is 4.79 Å². The van der Waals surface area contributed by atoms with Gasteiger partial charge in [-0.3, -0.25) is 0 Å². The van der Waals surface area contributed by atoms with Gasteiger partial charge in [-0.2, -0.15) is 0 Å². The molecule has 1 aromatic carbocycles. The lowest BCUT2D eigenvalue weighted by Gasteiger charge is -2.23. The van der Waals surface area contributed by atoms with Gasteiger partial charge in [0, 0.05) is 11.6 Å². The van der Waals surface area contributed by atoms with Gasteiger partial charge in [0.05, 0.1) is 27.1 Å². The summed E-state index contributed by atoms with van der Waals surface area (Å²) in [5, 5.41) is 17.2. The van der Waals surface area contributed by atoms with Crippen LogP contribution in [0.5, 0.6) is 0 Å². The van der Waals surface area contributed by atoms with Gasteiger partial charge in [0.25, 0.3) is 0 Å². The van der Waals surface area contributed by atoms with Crippen LogP contribution in [0.2, 0.25) is 0 Å². The Morgan fingerprint density at radius 2 is 1.68 bits per heavy atom. The molecule has 0 bridgehead atoms. The number of carbonyl (C=O) groups excluding carboxylic acids is 1. The molecule has 0 aliphatic carbocycles. The van der Waals surface area contributed by atoms with E-state index in [1.54, 1.807) is 0 Å². The molecule has 5 heteroatoms. The van der Waals surface area contributed by atoms with E-state index in [1.807, 2.05) is 0 Å². The summed E-state index contributed by atoms with van der Waals surface area (Å²) in [6.07, 6.45) is 0.942. The number of benzene rings is 1. The molecule has 0 atom stereocenters. The van der Waals surface area contributed by atoms with Crippen molar-refractivity contribution in [1.29, 1.82) is 0 Å². The maximum Gasteiger partial charge on any atom is 0.328 e. The number of nitrogens with zero attached hydrogens (tertiary/aromatic N) is 1. The average Bonchev–Trinajstić information content (AvgIpc) is 2.26. The van der Waals surface area contributed by atoms with Crippen LogP contribution < -0.4 is 5.11 Å². The molecule has 0 fully saturated rings. The summed E-state index contributed by atoms with van der Waals surface area (Å²) in [5.74, 6) is -2.80. The normalized spacial score (nSPS) is 10.7. The summed E-state index contributed by atoms with van der Waals surface area (Å²) in [6.45, 7) is 1.10. The first-order valence-corrected chi connectivity index (χ1v) is 5.67. The van der Waals surface area contributed by atoms with Crippen molar-refractivity contribution in [1.82, 2.24) is 0 Å². The van der Waals surface area contributed by atoms with Gasteiger partial charge in [0.15, 0.2) is 0 Å². The number of carboxylic acids is 2. The Balaban J connectivity index is 0.000000362. The SMILES string of the molecule is C[N+](C)(C)Cc1ccccc1.O=C([O-])/C=C\C(=O)O. The number of aliphatic carboxylic acids is 2. The van der Waals surface area contributed by atoms with Crippen LogP contribution in [-0.4, -0.2) is 42.7 Å². The minimum atomic E-state index is -1.51. The third-order valence-corrected chi connectivity index (χ3v) is 1.86. The van der Waals surface area contributed by atoms with Crippen LogP contribution in [-0.2, 0) is 16.1 Å². The fourth-order valence-corrected chi connectivity index (χ4v) is 1.27. The predicted octanol–water partition coefficient (Wildman–Crippen LogP) is 0.270. The third kappa shape index (κ3) is 12.1. The second kappa shape index (κ2) is 8.05. The first-order valence-electron chi connectivity index (χ1n) is 5.67. The summed E-state index contributed by atoms with van der Waals surface area (Å²) in [7, 11) is 6.60. The molecule has 0 radical (unpaired) electrons. The molecule has 0 saturated carbocycles. The smallest absolute Gasteiger partial charge is 0.328 e. The molecule has 0 spiro atoms. The third-order valence-electron chi connectivity index (χ3n) is 1.86. The first-order chi connectivity index (χ1) is 8.70. The monoisotopic (exact) mass is 265 g/mol. The van der Waals surface area contributed by atoms with Crippen LogP contribution >= 0.6 is 0 Å². The van der Waals surface area contributed by atoms with Crippen molar-refractivity contribution in [3.05, 3.63) is 48.0 Å². The van der Waals surface area contributed by atoms with E-state index in [1.165, 1.54) is 5.56 Å². The maximum atomic E-state index is 9.53. The highest BCUT2D eigenvalue weighted by Gasteiger charge is 2.06. The van der Waals surface area contributed by atoms with Crippen molar-refractivity contribution in [3.8, 4) is 0 Å². The average molecular weight is 265 g/mol. The lowest BCUT2D eigenvalue weighted by atomic mass is 10.2. The number of quaternary nitrogens is 1. The van der Waals surface area contributed by atoms with E-state index in [0.717, 1.165) is 11.0 Å². The number of carbonyl (C=O) groups is 2. The van der Waals surface area contributed by atoms with E-state index in [0.29, 0.717) is 12.2 Å². The molecule has 19 heavy (non-hydrogen) atoms. The standard InChI is InChI=1S/C10H16N.C4H4O4/c1-11(2,3)9-10-7-5-4-6-8-10;5-3(6)1-2-4(7)8/h4-8H,9H2,1-3H3;1-2H,(H,5,6)(H,7,8)/q+1;/p-1/b;2-1-. The van der Waals surface area contributed by atoms with Gasteiger partial charge in [0.1, 0.15) is 6.54 Å². The Kier molecular flexibility index (Phi) is 7.14. The van der Waals surface area contributed by atoms with E-state index in [9.17, 15) is 14.7 Å². The summed E-state index contributed by atoms with van der Waals surface area (Å²) in [4.78, 5) is 19.0. The van der Waals surface area contributed by atoms with Crippen LogP contribution in [0.15, 0.2) is 42.5 Å². The molecule has 0 aromatic heterocycles. The highest BCUT2D eigenvalue weighted by Crippen LogP contribution is 2.05. The zero-order valence-electron chi connectivity index (χ0n) is 11.4. The van der Waals surface area contributed by atoms with Crippen molar-refractivity contribution < 1.29 is 24.3 Å².